The maximum absolute atomic E-state index is 14.3. The minimum Gasteiger partial charge on any atom is -0.462 e. The van der Waals surface area contributed by atoms with Crippen LogP contribution < -0.4 is 0 Å². The molecule has 0 spiro atoms. The lowest BCUT2D eigenvalue weighted by Crippen LogP contribution is -2.76. The summed E-state index contributed by atoms with van der Waals surface area (Å²) < 4.78 is 352. The number of rotatable bonds is 22. The van der Waals surface area contributed by atoms with Gasteiger partial charge in [0.25, 0.3) is 17.6 Å². The Hall–Kier alpha value is -4.69. The topological polar surface area (TPSA) is 281 Å². The first-order valence-electron chi connectivity index (χ1n) is 34.7. The number of carbonyl (C=O) groups is 5. The number of hydrogen-bond acceptors (Lipinski definition) is 19. The molecule has 4 fully saturated rings. The van der Waals surface area contributed by atoms with Gasteiger partial charge in [-0.2, -0.15) is 96.6 Å². The molecule has 0 amide bonds. The fourth-order valence-corrected chi connectivity index (χ4v) is 11.0. The van der Waals surface area contributed by atoms with Crippen LogP contribution in [0.2, 0.25) is 0 Å². The van der Waals surface area contributed by atoms with Crippen LogP contribution in [0.5, 0.6) is 0 Å². The Labute approximate surface area is 619 Å². The molecule has 2 aliphatic heterocycles. The Morgan fingerprint density at radius 1 is 0.527 bits per heavy atom. The third kappa shape index (κ3) is 26.4. The summed E-state index contributed by atoms with van der Waals surface area (Å²) in [4.78, 5) is 58.2. The molecule has 652 valence electrons. The highest BCUT2D eigenvalue weighted by atomic mass is 19.4. The van der Waals surface area contributed by atoms with Crippen LogP contribution in [0.1, 0.15) is 208 Å². The predicted molar refractivity (Wildman–Crippen MR) is 335 cm³/mol. The second kappa shape index (κ2) is 38.8. The van der Waals surface area contributed by atoms with Gasteiger partial charge in [-0.25, -0.2) is 8.78 Å². The molecular formula is C67H102F24O19. The average molecular weight is 1670 g/mol. The van der Waals surface area contributed by atoms with Crippen LogP contribution in [-0.4, -0.2) is 199 Å². The summed E-state index contributed by atoms with van der Waals surface area (Å²) >= 11 is 0. The molecule has 18 unspecified atom stereocenters. The largest absolute Gasteiger partial charge is 0.462 e. The molecule has 2 saturated carbocycles. The molecule has 19 nitrogen and oxygen atoms in total. The fourth-order valence-electron chi connectivity index (χ4n) is 11.0. The van der Waals surface area contributed by atoms with E-state index >= 15 is 0 Å². The van der Waals surface area contributed by atoms with Gasteiger partial charge in [0.05, 0.1) is 35.2 Å². The number of ether oxygens (including phenoxy) is 8. The lowest BCUT2D eigenvalue weighted by molar-refractivity contribution is -0.493. The third-order valence-corrected chi connectivity index (χ3v) is 19.9. The van der Waals surface area contributed by atoms with E-state index in [4.69, 9.17) is 9.47 Å². The monoisotopic (exact) mass is 1670 g/mol. The van der Waals surface area contributed by atoms with Gasteiger partial charge in [0, 0.05) is 30.6 Å². The van der Waals surface area contributed by atoms with E-state index in [9.17, 15) is 160 Å². The second-order valence-corrected chi connectivity index (χ2v) is 29.5. The fraction of sp³-hybridized carbons (Fsp3) is 0.925. The van der Waals surface area contributed by atoms with Crippen LogP contribution in [0.15, 0.2) is 0 Å². The van der Waals surface area contributed by atoms with E-state index in [2.05, 4.69) is 28.4 Å². The van der Waals surface area contributed by atoms with E-state index in [-0.39, 0.29) is 57.0 Å². The highest BCUT2D eigenvalue weighted by Crippen LogP contribution is 2.58. The number of halogens is 24. The lowest BCUT2D eigenvalue weighted by atomic mass is 9.66. The number of carbonyl (C=O) groups excluding carboxylic acids is 5. The van der Waals surface area contributed by atoms with Gasteiger partial charge >= 0.3 is 78.9 Å². The van der Waals surface area contributed by atoms with E-state index in [0.29, 0.717) is 20.3 Å². The van der Waals surface area contributed by atoms with Crippen molar-refractivity contribution in [2.45, 2.75) is 333 Å². The summed E-state index contributed by atoms with van der Waals surface area (Å²) in [6, 6.07) is 0. The van der Waals surface area contributed by atoms with Crippen molar-refractivity contribution in [3.8, 4) is 0 Å². The van der Waals surface area contributed by atoms with Gasteiger partial charge < -0.3 is 63.8 Å². The second-order valence-electron chi connectivity index (χ2n) is 29.5. The zero-order chi connectivity index (χ0) is 87.4. The Bertz CT molecular complexity index is 2880. The standard InChI is InChI=1S/C17H23F9O4.C14H26O3.C13H19F5O4.C12H17F5O5.C11H17F5O3/c1-4-8(2)12(27)30-11-6-9(13(3,28)15(18,19)20)5-10(7-11)14(29,16(21,22)23)17(24,25)26;1-5-10(2)13(15)17-12-9-7-6-8-11(12)14(3,4)16;1-5-7(2)9(19)21-8-6-10(3,20)22-11(4,12(8,14)15)13(16,17)18;1-4-7(2)8(18)20-5-9(3)10(19,11(13,14)15)12(16,17)22-6-21-9;1-4-6(2)8(17)19-7(11(14,15)16)5-10(3,18)9(12)13/h8-11,28-29H,4-7H2,1-3H3;10-12,16H,5-9H2,1-4H3;7-8,20H,5-6H2,1-4H3;7,19H,4-6H2,1-3H3;6-7,9,18H,4-5H2,1-3H3. The molecule has 2 aliphatic carbocycles. The summed E-state index contributed by atoms with van der Waals surface area (Å²) in [7, 11) is 0. The number of aliphatic hydroxyl groups is 6. The van der Waals surface area contributed by atoms with Gasteiger partial charge in [0.2, 0.25) is 5.60 Å². The molecule has 2 saturated heterocycles. The van der Waals surface area contributed by atoms with E-state index in [1.165, 1.54) is 27.7 Å². The molecule has 4 rings (SSSR count). The molecule has 4 aliphatic rings. The van der Waals surface area contributed by atoms with Crippen molar-refractivity contribution >= 4 is 29.8 Å². The van der Waals surface area contributed by atoms with Crippen LogP contribution in [-0.2, 0) is 61.9 Å². The van der Waals surface area contributed by atoms with Crippen molar-refractivity contribution in [2.75, 3.05) is 13.4 Å². The third-order valence-electron chi connectivity index (χ3n) is 19.9. The molecule has 0 aromatic heterocycles. The van der Waals surface area contributed by atoms with Gasteiger partial charge in [0.15, 0.2) is 30.4 Å². The van der Waals surface area contributed by atoms with E-state index in [1.54, 1.807) is 27.7 Å². The SMILES string of the molecule is CCC(C)C(=O)OC(CC(C)(O)C(F)F)C(F)(F)F.CCC(C)C(=O)OC1CC(C(C)(O)C(F)(F)F)CC(C(O)(C(F)(F)F)C(F)(F)F)C1.CCC(C)C(=O)OC1CC(C)(O)OC(C)(C(F)(F)F)C1(F)F.CCC(C)C(=O)OC1CCCCC1C(C)(C)O.CCC(C)C(=O)OCC1(C)OCOC(F)(F)C1(O)C(F)(F)F. The summed E-state index contributed by atoms with van der Waals surface area (Å²) in [6.45, 7) is 19.4. The molecule has 18 atom stereocenters. The number of alkyl halides is 24. The minimum absolute atomic E-state index is 0.0422. The lowest BCUT2D eigenvalue weighted by Gasteiger charge is -2.50. The van der Waals surface area contributed by atoms with E-state index in [1.807, 2.05) is 27.7 Å². The molecule has 6 N–H and O–H groups in total. The maximum atomic E-state index is 14.3. The van der Waals surface area contributed by atoms with Gasteiger partial charge in [-0.15, -0.1) is 0 Å². The first kappa shape index (κ1) is 105. The maximum Gasteiger partial charge on any atom is 0.429 e. The van der Waals surface area contributed by atoms with Crippen molar-refractivity contribution in [1.82, 2.24) is 0 Å². The van der Waals surface area contributed by atoms with Crippen LogP contribution in [0.4, 0.5) is 105 Å². The van der Waals surface area contributed by atoms with Crippen molar-refractivity contribution < 1.29 is 198 Å². The zero-order valence-corrected chi connectivity index (χ0v) is 63.4. The first-order chi connectivity index (χ1) is 49.0. The summed E-state index contributed by atoms with van der Waals surface area (Å²) in [5.74, 6) is -19.2. The van der Waals surface area contributed by atoms with E-state index < -0.39 is 224 Å². The van der Waals surface area contributed by atoms with Crippen LogP contribution in [0, 0.1) is 47.3 Å². The highest BCUT2D eigenvalue weighted by Gasteiger charge is 2.82. The molecule has 43 heteroatoms. The van der Waals surface area contributed by atoms with Gasteiger partial charge in [-0.05, 0) is 119 Å². The van der Waals surface area contributed by atoms with E-state index in [0.717, 1.165) is 39.0 Å². The molecule has 0 bridgehead atoms. The van der Waals surface area contributed by atoms with Gasteiger partial charge in [-0.1, -0.05) is 75.7 Å². The summed E-state index contributed by atoms with van der Waals surface area (Å²) in [5.41, 5.74) is -24.2. The first-order valence-corrected chi connectivity index (χ1v) is 34.7. The molecule has 0 aromatic rings. The number of hydrogen-bond donors (Lipinski definition) is 6. The average Bonchev–Trinajstić information content (AvgIpc) is 0.720. The van der Waals surface area contributed by atoms with Crippen LogP contribution >= 0.6 is 0 Å². The van der Waals surface area contributed by atoms with Crippen molar-refractivity contribution in [3.05, 3.63) is 0 Å². The zero-order valence-electron chi connectivity index (χ0n) is 63.4. The Morgan fingerprint density at radius 2 is 0.936 bits per heavy atom. The Morgan fingerprint density at radius 3 is 1.33 bits per heavy atom. The summed E-state index contributed by atoms with van der Waals surface area (Å²) in [6.07, 6.45) is -49.5. The van der Waals surface area contributed by atoms with Crippen molar-refractivity contribution in [3.63, 3.8) is 0 Å². The normalized spacial score (nSPS) is 29.0. The smallest absolute Gasteiger partial charge is 0.429 e. The predicted octanol–water partition coefficient (Wildman–Crippen LogP) is 15.6. The Kier molecular flexibility index (Phi) is 37.2. The minimum atomic E-state index is -6.27. The quantitative estimate of drug-likeness (QED) is 0.0334. The van der Waals surface area contributed by atoms with Gasteiger partial charge in [-0.3, -0.25) is 28.7 Å². The highest BCUT2D eigenvalue weighted by molar-refractivity contribution is 5.74. The van der Waals surface area contributed by atoms with Crippen LogP contribution in [0.3, 0.4) is 0 Å². The van der Waals surface area contributed by atoms with Crippen molar-refractivity contribution in [1.29, 1.82) is 0 Å². The van der Waals surface area contributed by atoms with Gasteiger partial charge in [0.1, 0.15) is 30.0 Å². The molecule has 110 heavy (non-hydrogen) atoms. The molecular weight excluding hydrogens is 1560 g/mol. The molecule has 2 heterocycles. The molecule has 0 radical (unpaired) electrons. The Balaban J connectivity index is 0.00000137. The number of esters is 5. The molecule has 0 aromatic carbocycles. The van der Waals surface area contributed by atoms with Crippen LogP contribution in [0.25, 0.3) is 0 Å². The van der Waals surface area contributed by atoms with Crippen molar-refractivity contribution in [2.24, 2.45) is 47.3 Å². The summed E-state index contributed by atoms with van der Waals surface area (Å²) in [5, 5.41) is 58.2.